The first-order chi connectivity index (χ1) is 7.23. The first kappa shape index (κ1) is 14.0. The molecule has 0 aromatic heterocycles. The average Bonchev–Trinajstić information content (AvgIpc) is 2.17. The predicted molar refractivity (Wildman–Crippen MR) is 63.1 cm³/mol. The van der Waals surface area contributed by atoms with Crippen LogP contribution in [0.1, 0.15) is 0 Å². The maximum absolute atomic E-state index is 13.2. The molecular formula is C8H2Cl2F4IN. The van der Waals surface area contributed by atoms with Crippen molar-refractivity contribution in [3.63, 3.8) is 0 Å². The van der Waals surface area contributed by atoms with E-state index in [4.69, 9.17) is 23.2 Å². The van der Waals surface area contributed by atoms with Crippen LogP contribution in [0.25, 0.3) is 0 Å². The summed E-state index contributed by atoms with van der Waals surface area (Å²) in [4.78, 5) is 3.08. The van der Waals surface area contributed by atoms with Crippen LogP contribution in [-0.4, -0.2) is 11.3 Å². The lowest BCUT2D eigenvalue weighted by Gasteiger charge is -2.05. The van der Waals surface area contributed by atoms with E-state index in [1.807, 2.05) is 0 Å². The van der Waals surface area contributed by atoms with Crippen LogP contribution in [0.2, 0.25) is 5.02 Å². The third-order valence-corrected chi connectivity index (χ3v) is 3.08. The normalized spacial score (nSPS) is 13.1. The number of hydrogen-bond donors (Lipinski definition) is 0. The lowest BCUT2D eigenvalue weighted by molar-refractivity contribution is -0.0558. The van der Waals surface area contributed by atoms with Crippen LogP contribution in [0.5, 0.6) is 0 Å². The fraction of sp³-hybridized carbons (Fsp3) is 0.125. The summed E-state index contributed by atoms with van der Waals surface area (Å²) in [6.07, 6.45) is -4.75. The SMILES string of the molecule is Fc1c(Cl)ccc(N=C(Cl)C(F)(F)F)c1I. The highest BCUT2D eigenvalue weighted by molar-refractivity contribution is 14.1. The van der Waals surface area contributed by atoms with Crippen molar-refractivity contribution in [2.45, 2.75) is 6.18 Å². The fourth-order valence-electron chi connectivity index (χ4n) is 0.771. The van der Waals surface area contributed by atoms with E-state index >= 15 is 0 Å². The van der Waals surface area contributed by atoms with Crippen LogP contribution >= 0.6 is 45.8 Å². The van der Waals surface area contributed by atoms with Crippen molar-refractivity contribution < 1.29 is 17.6 Å². The summed E-state index contributed by atoms with van der Waals surface area (Å²) >= 11 is 11.9. The molecule has 0 aliphatic rings. The zero-order chi connectivity index (χ0) is 12.5. The van der Waals surface area contributed by atoms with E-state index in [-0.39, 0.29) is 14.3 Å². The van der Waals surface area contributed by atoms with Gasteiger partial charge in [0.25, 0.3) is 0 Å². The zero-order valence-corrected chi connectivity index (χ0v) is 10.9. The highest BCUT2D eigenvalue weighted by Gasteiger charge is 2.34. The Balaban J connectivity index is 3.22. The van der Waals surface area contributed by atoms with Gasteiger partial charge in [0.1, 0.15) is 0 Å². The van der Waals surface area contributed by atoms with Gasteiger partial charge in [-0.1, -0.05) is 23.2 Å². The van der Waals surface area contributed by atoms with Crippen LogP contribution < -0.4 is 0 Å². The summed E-state index contributed by atoms with van der Waals surface area (Å²) in [5.41, 5.74) is -0.218. The first-order valence-corrected chi connectivity index (χ1v) is 5.52. The van der Waals surface area contributed by atoms with E-state index in [9.17, 15) is 17.6 Å². The molecule has 0 aliphatic carbocycles. The first-order valence-electron chi connectivity index (χ1n) is 3.68. The number of benzene rings is 1. The molecule has 0 spiro atoms. The third kappa shape index (κ3) is 3.21. The molecule has 1 aromatic carbocycles. The van der Waals surface area contributed by atoms with E-state index < -0.39 is 17.2 Å². The minimum Gasteiger partial charge on any atom is -0.231 e. The van der Waals surface area contributed by atoms with Gasteiger partial charge in [-0.25, -0.2) is 9.38 Å². The van der Waals surface area contributed by atoms with E-state index in [1.165, 1.54) is 22.6 Å². The lowest BCUT2D eigenvalue weighted by Crippen LogP contribution is -2.16. The van der Waals surface area contributed by atoms with Crippen molar-refractivity contribution in [1.82, 2.24) is 0 Å². The molecule has 0 radical (unpaired) electrons. The Morgan fingerprint density at radius 2 is 1.88 bits per heavy atom. The van der Waals surface area contributed by atoms with Gasteiger partial charge in [0.15, 0.2) is 5.82 Å². The minimum absolute atomic E-state index is 0.118. The molecule has 0 saturated heterocycles. The molecule has 0 aliphatic heterocycles. The van der Waals surface area contributed by atoms with Crippen molar-refractivity contribution in [1.29, 1.82) is 0 Å². The van der Waals surface area contributed by atoms with E-state index in [1.54, 1.807) is 0 Å². The summed E-state index contributed by atoms with van der Waals surface area (Å²) in [7, 11) is 0. The van der Waals surface area contributed by atoms with Crippen LogP contribution in [0.15, 0.2) is 17.1 Å². The monoisotopic (exact) mass is 385 g/mol. The summed E-state index contributed by atoms with van der Waals surface area (Å²) in [6, 6.07) is 2.26. The van der Waals surface area contributed by atoms with Crippen LogP contribution in [-0.2, 0) is 0 Å². The number of hydrogen-bond acceptors (Lipinski definition) is 1. The quantitative estimate of drug-likeness (QED) is 0.282. The second kappa shape index (κ2) is 5.05. The molecule has 88 valence electrons. The highest BCUT2D eigenvalue weighted by Crippen LogP contribution is 2.31. The van der Waals surface area contributed by atoms with Crippen molar-refractivity contribution >= 4 is 56.7 Å². The number of nitrogens with zero attached hydrogens (tertiary/aromatic N) is 1. The molecule has 16 heavy (non-hydrogen) atoms. The lowest BCUT2D eigenvalue weighted by atomic mass is 10.3. The molecule has 1 nitrogen and oxygen atoms in total. The number of rotatable bonds is 1. The summed E-state index contributed by atoms with van der Waals surface area (Å²) in [6.45, 7) is 0. The van der Waals surface area contributed by atoms with Gasteiger partial charge in [-0.3, -0.25) is 0 Å². The molecule has 1 rings (SSSR count). The van der Waals surface area contributed by atoms with Crippen molar-refractivity contribution in [2.24, 2.45) is 4.99 Å². The number of aliphatic imine (C=N–C) groups is 1. The van der Waals surface area contributed by atoms with E-state index in [2.05, 4.69) is 4.99 Å². The summed E-state index contributed by atoms with van der Waals surface area (Å²) in [5.74, 6) is -0.824. The van der Waals surface area contributed by atoms with Gasteiger partial charge in [0.2, 0.25) is 5.17 Å². The smallest absolute Gasteiger partial charge is 0.231 e. The Bertz CT molecular complexity index is 444. The molecule has 0 bridgehead atoms. The van der Waals surface area contributed by atoms with Crippen molar-refractivity contribution in [3.8, 4) is 0 Å². The minimum atomic E-state index is -4.75. The Morgan fingerprint density at radius 3 is 2.38 bits per heavy atom. The van der Waals surface area contributed by atoms with Gasteiger partial charge < -0.3 is 0 Å². The van der Waals surface area contributed by atoms with E-state index in [0.29, 0.717) is 0 Å². The van der Waals surface area contributed by atoms with Gasteiger partial charge in [-0.05, 0) is 34.7 Å². The predicted octanol–water partition coefficient (Wildman–Crippen LogP) is 4.91. The largest absolute Gasteiger partial charge is 0.444 e. The van der Waals surface area contributed by atoms with E-state index in [0.717, 1.165) is 12.1 Å². The zero-order valence-electron chi connectivity index (χ0n) is 7.25. The molecule has 0 atom stereocenters. The Kier molecular flexibility index (Phi) is 4.42. The molecular weight excluding hydrogens is 384 g/mol. The average molecular weight is 386 g/mol. The molecule has 0 fully saturated rings. The summed E-state index contributed by atoms with van der Waals surface area (Å²) in [5, 5.41) is -1.75. The molecule has 8 heteroatoms. The second-order valence-electron chi connectivity index (χ2n) is 2.59. The molecule has 0 unspecified atom stereocenters. The van der Waals surface area contributed by atoms with Crippen LogP contribution in [0.4, 0.5) is 23.2 Å². The Labute approximate surface area is 112 Å². The molecule has 1 aromatic rings. The molecule has 0 saturated carbocycles. The van der Waals surface area contributed by atoms with Gasteiger partial charge in [0.05, 0.1) is 14.3 Å². The van der Waals surface area contributed by atoms with Gasteiger partial charge in [-0.2, -0.15) is 13.2 Å². The number of halogens is 7. The topological polar surface area (TPSA) is 12.4 Å². The molecule has 0 heterocycles. The van der Waals surface area contributed by atoms with Crippen molar-refractivity contribution in [3.05, 3.63) is 26.5 Å². The molecule has 0 N–H and O–H groups in total. The van der Waals surface area contributed by atoms with Gasteiger partial charge in [-0.15, -0.1) is 0 Å². The second-order valence-corrected chi connectivity index (χ2v) is 4.44. The van der Waals surface area contributed by atoms with Crippen LogP contribution in [0, 0.1) is 9.39 Å². The summed E-state index contributed by atoms with van der Waals surface area (Å²) < 4.78 is 49.3. The highest BCUT2D eigenvalue weighted by atomic mass is 127. The van der Waals surface area contributed by atoms with Gasteiger partial charge >= 0.3 is 6.18 Å². The fourth-order valence-corrected chi connectivity index (χ4v) is 1.77. The third-order valence-electron chi connectivity index (χ3n) is 1.47. The number of alkyl halides is 3. The van der Waals surface area contributed by atoms with Crippen LogP contribution in [0.3, 0.4) is 0 Å². The maximum atomic E-state index is 13.2. The maximum Gasteiger partial charge on any atom is 0.444 e. The van der Waals surface area contributed by atoms with Crippen molar-refractivity contribution in [2.75, 3.05) is 0 Å². The standard InChI is InChI=1S/C8H2Cl2F4IN/c9-3-1-2-4(6(15)5(3)11)16-7(10)8(12,13)14/h1-2H. The Hall–Kier alpha value is -0.0800. The molecule has 0 amide bonds. The Morgan fingerprint density at radius 1 is 1.31 bits per heavy atom. The van der Waals surface area contributed by atoms with Gasteiger partial charge in [0, 0.05) is 0 Å².